The van der Waals surface area contributed by atoms with Crippen molar-refractivity contribution in [2.75, 3.05) is 20.1 Å². The predicted molar refractivity (Wildman–Crippen MR) is 75.5 cm³/mol. The molecule has 2 unspecified atom stereocenters. The Morgan fingerprint density at radius 2 is 2.22 bits per heavy atom. The van der Waals surface area contributed by atoms with Gasteiger partial charge in [0.15, 0.2) is 0 Å². The van der Waals surface area contributed by atoms with Crippen LogP contribution in [0.1, 0.15) is 31.2 Å². The highest BCUT2D eigenvalue weighted by molar-refractivity contribution is 5.10. The van der Waals surface area contributed by atoms with Gasteiger partial charge in [0.2, 0.25) is 0 Å². The normalized spacial score (nSPS) is 23.1. The van der Waals surface area contributed by atoms with Gasteiger partial charge in [-0.15, -0.1) is 0 Å². The highest BCUT2D eigenvalue weighted by atomic mass is 15.2. The molecule has 3 heteroatoms. The topological polar surface area (TPSA) is 28.2 Å². The molecular formula is C15H25N3. The molecule has 3 nitrogen and oxygen atoms in total. The second kappa shape index (κ2) is 6.30. The van der Waals surface area contributed by atoms with Crippen molar-refractivity contribution in [3.63, 3.8) is 0 Å². The van der Waals surface area contributed by atoms with E-state index in [0.29, 0.717) is 0 Å². The monoisotopic (exact) mass is 247 g/mol. The second-order valence-electron chi connectivity index (χ2n) is 5.30. The SMILES string of the molecule is CCN(Cc1cccc(C)n1)C1CCC1CNC. The third-order valence-corrected chi connectivity index (χ3v) is 4.03. The van der Waals surface area contributed by atoms with Gasteiger partial charge in [0, 0.05) is 18.3 Å². The molecule has 1 aliphatic carbocycles. The lowest BCUT2D eigenvalue weighted by molar-refractivity contribution is 0.0599. The molecule has 1 saturated carbocycles. The van der Waals surface area contributed by atoms with Crippen LogP contribution >= 0.6 is 0 Å². The third kappa shape index (κ3) is 3.09. The van der Waals surface area contributed by atoms with Crippen LogP contribution in [0.25, 0.3) is 0 Å². The van der Waals surface area contributed by atoms with E-state index in [0.717, 1.165) is 37.3 Å². The molecule has 1 heterocycles. The van der Waals surface area contributed by atoms with E-state index in [1.54, 1.807) is 0 Å². The maximum atomic E-state index is 4.62. The molecule has 1 N–H and O–H groups in total. The summed E-state index contributed by atoms with van der Waals surface area (Å²) < 4.78 is 0. The Bertz CT molecular complexity index is 378. The van der Waals surface area contributed by atoms with E-state index in [4.69, 9.17) is 0 Å². The molecule has 1 aromatic heterocycles. The number of aryl methyl sites for hydroxylation is 1. The van der Waals surface area contributed by atoms with Crippen LogP contribution in [0.2, 0.25) is 0 Å². The fourth-order valence-corrected chi connectivity index (χ4v) is 2.89. The van der Waals surface area contributed by atoms with Crippen LogP contribution in [0.15, 0.2) is 18.2 Å². The van der Waals surface area contributed by atoms with Crippen molar-refractivity contribution in [3.05, 3.63) is 29.6 Å². The van der Waals surface area contributed by atoms with Gasteiger partial charge in [-0.05, 0) is 58.0 Å². The summed E-state index contributed by atoms with van der Waals surface area (Å²) in [5.41, 5.74) is 2.32. The number of pyridine rings is 1. The van der Waals surface area contributed by atoms with Crippen molar-refractivity contribution in [2.45, 2.75) is 39.3 Å². The molecule has 1 fully saturated rings. The lowest BCUT2D eigenvalue weighted by Crippen LogP contribution is -2.49. The van der Waals surface area contributed by atoms with Gasteiger partial charge in [0.1, 0.15) is 0 Å². The summed E-state index contributed by atoms with van der Waals surface area (Å²) >= 11 is 0. The van der Waals surface area contributed by atoms with E-state index in [1.807, 2.05) is 7.05 Å². The van der Waals surface area contributed by atoms with Crippen LogP contribution in [0.3, 0.4) is 0 Å². The Morgan fingerprint density at radius 3 is 2.78 bits per heavy atom. The Balaban J connectivity index is 1.97. The molecular weight excluding hydrogens is 222 g/mol. The van der Waals surface area contributed by atoms with Crippen LogP contribution in [0.5, 0.6) is 0 Å². The van der Waals surface area contributed by atoms with E-state index < -0.39 is 0 Å². The maximum absolute atomic E-state index is 4.62. The first-order valence-electron chi connectivity index (χ1n) is 7.05. The summed E-state index contributed by atoms with van der Waals surface area (Å²) in [6, 6.07) is 7.05. The number of nitrogens with one attached hydrogen (secondary N) is 1. The molecule has 18 heavy (non-hydrogen) atoms. The smallest absolute Gasteiger partial charge is 0.0547 e. The Morgan fingerprint density at radius 1 is 1.39 bits per heavy atom. The standard InChI is InChI=1S/C15H25N3/c1-4-18(15-9-8-13(15)10-16-3)11-14-7-5-6-12(2)17-14/h5-7,13,15-16H,4,8-11H2,1-3H3. The summed E-state index contributed by atoms with van der Waals surface area (Å²) in [5, 5.41) is 3.31. The number of hydrogen-bond acceptors (Lipinski definition) is 3. The van der Waals surface area contributed by atoms with Crippen molar-refractivity contribution in [1.29, 1.82) is 0 Å². The molecule has 0 saturated heterocycles. The van der Waals surface area contributed by atoms with E-state index in [2.05, 4.69) is 47.2 Å². The molecule has 0 spiro atoms. The van der Waals surface area contributed by atoms with Crippen molar-refractivity contribution < 1.29 is 0 Å². The minimum Gasteiger partial charge on any atom is -0.319 e. The van der Waals surface area contributed by atoms with E-state index in [9.17, 15) is 0 Å². The first-order chi connectivity index (χ1) is 8.74. The van der Waals surface area contributed by atoms with Gasteiger partial charge < -0.3 is 5.32 Å². The van der Waals surface area contributed by atoms with Crippen LogP contribution in [-0.2, 0) is 6.54 Å². The average Bonchev–Trinajstić information content (AvgIpc) is 2.33. The average molecular weight is 247 g/mol. The van der Waals surface area contributed by atoms with Crippen molar-refractivity contribution in [2.24, 2.45) is 5.92 Å². The van der Waals surface area contributed by atoms with Crippen molar-refractivity contribution in [1.82, 2.24) is 15.2 Å². The fraction of sp³-hybridized carbons (Fsp3) is 0.667. The van der Waals surface area contributed by atoms with Crippen molar-refractivity contribution >= 4 is 0 Å². The largest absolute Gasteiger partial charge is 0.319 e. The van der Waals surface area contributed by atoms with Crippen LogP contribution in [0.4, 0.5) is 0 Å². The molecule has 100 valence electrons. The summed E-state index contributed by atoms with van der Waals surface area (Å²) in [7, 11) is 2.05. The first-order valence-corrected chi connectivity index (χ1v) is 7.05. The van der Waals surface area contributed by atoms with Gasteiger partial charge >= 0.3 is 0 Å². The van der Waals surface area contributed by atoms with Gasteiger partial charge in [-0.3, -0.25) is 9.88 Å². The van der Waals surface area contributed by atoms with Crippen molar-refractivity contribution in [3.8, 4) is 0 Å². The number of rotatable bonds is 6. The number of nitrogens with zero attached hydrogens (tertiary/aromatic N) is 2. The van der Waals surface area contributed by atoms with Gasteiger partial charge in [-0.1, -0.05) is 13.0 Å². The van der Waals surface area contributed by atoms with Crippen LogP contribution in [-0.4, -0.2) is 36.1 Å². The van der Waals surface area contributed by atoms with E-state index >= 15 is 0 Å². The maximum Gasteiger partial charge on any atom is 0.0547 e. The molecule has 2 rings (SSSR count). The molecule has 0 aliphatic heterocycles. The summed E-state index contributed by atoms with van der Waals surface area (Å²) in [6.07, 6.45) is 2.70. The molecule has 0 aromatic carbocycles. The van der Waals surface area contributed by atoms with Gasteiger partial charge in [-0.25, -0.2) is 0 Å². The Kier molecular flexibility index (Phi) is 4.72. The van der Waals surface area contributed by atoms with Crippen LogP contribution in [0, 0.1) is 12.8 Å². The lowest BCUT2D eigenvalue weighted by Gasteiger charge is -2.44. The van der Waals surface area contributed by atoms with Gasteiger partial charge in [0.05, 0.1) is 5.69 Å². The van der Waals surface area contributed by atoms with Gasteiger partial charge in [0.25, 0.3) is 0 Å². The molecule has 1 aromatic rings. The summed E-state index contributed by atoms with van der Waals surface area (Å²) in [5.74, 6) is 0.819. The predicted octanol–water partition coefficient (Wildman–Crippen LogP) is 2.21. The first kappa shape index (κ1) is 13.5. The zero-order valence-corrected chi connectivity index (χ0v) is 11.8. The highest BCUT2D eigenvalue weighted by Gasteiger charge is 2.34. The summed E-state index contributed by atoms with van der Waals surface area (Å²) in [6.45, 7) is 7.56. The quantitative estimate of drug-likeness (QED) is 0.835. The second-order valence-corrected chi connectivity index (χ2v) is 5.30. The van der Waals surface area contributed by atoms with Gasteiger partial charge in [-0.2, -0.15) is 0 Å². The third-order valence-electron chi connectivity index (χ3n) is 4.03. The van der Waals surface area contributed by atoms with E-state index in [1.165, 1.54) is 18.5 Å². The molecule has 0 radical (unpaired) electrons. The summed E-state index contributed by atoms with van der Waals surface area (Å²) in [4.78, 5) is 7.19. The van der Waals surface area contributed by atoms with E-state index in [-0.39, 0.29) is 0 Å². The zero-order chi connectivity index (χ0) is 13.0. The Hall–Kier alpha value is -0.930. The minimum absolute atomic E-state index is 0.741. The number of hydrogen-bond donors (Lipinski definition) is 1. The fourth-order valence-electron chi connectivity index (χ4n) is 2.89. The molecule has 2 atom stereocenters. The molecule has 0 bridgehead atoms. The molecule has 1 aliphatic rings. The zero-order valence-electron chi connectivity index (χ0n) is 11.8. The van der Waals surface area contributed by atoms with Crippen LogP contribution < -0.4 is 5.32 Å². The minimum atomic E-state index is 0.741. The lowest BCUT2D eigenvalue weighted by atomic mass is 9.78. The number of aromatic nitrogens is 1. The molecule has 0 amide bonds. The highest BCUT2D eigenvalue weighted by Crippen LogP contribution is 2.32. The Labute approximate surface area is 111 Å².